The highest BCUT2D eigenvalue weighted by Gasteiger charge is 2.29. The molecule has 0 saturated carbocycles. The molecule has 4 nitrogen and oxygen atoms in total. The SMILES string of the molecule is COc1cc([C@@H](O)[C@@H](CC2Cc3ccccc3C2)Cn2cccc2)cc(OC)c1C. The van der Waals surface area contributed by atoms with E-state index in [1.165, 1.54) is 11.1 Å². The lowest BCUT2D eigenvalue weighted by Crippen LogP contribution is -2.22. The highest BCUT2D eigenvalue weighted by molar-refractivity contribution is 5.48. The molecule has 2 aromatic carbocycles. The maximum Gasteiger partial charge on any atom is 0.125 e. The monoisotopic (exact) mass is 405 g/mol. The molecule has 0 aliphatic heterocycles. The van der Waals surface area contributed by atoms with Crippen molar-refractivity contribution in [2.24, 2.45) is 11.8 Å². The molecule has 1 heterocycles. The molecule has 30 heavy (non-hydrogen) atoms. The van der Waals surface area contributed by atoms with E-state index < -0.39 is 6.10 Å². The fourth-order valence-electron chi connectivity index (χ4n) is 4.86. The van der Waals surface area contributed by atoms with Crippen molar-refractivity contribution in [1.82, 2.24) is 4.57 Å². The van der Waals surface area contributed by atoms with E-state index in [9.17, 15) is 5.11 Å². The van der Waals surface area contributed by atoms with Crippen LogP contribution in [0.25, 0.3) is 0 Å². The first-order valence-electron chi connectivity index (χ1n) is 10.7. The number of rotatable bonds is 8. The zero-order valence-electron chi connectivity index (χ0n) is 18.0. The van der Waals surface area contributed by atoms with E-state index in [1.807, 2.05) is 31.2 Å². The first kappa shape index (κ1) is 20.5. The second kappa shape index (κ2) is 8.97. The number of aliphatic hydroxyl groups excluding tert-OH is 1. The minimum atomic E-state index is -0.598. The van der Waals surface area contributed by atoms with Gasteiger partial charge in [-0.2, -0.15) is 0 Å². The summed E-state index contributed by atoms with van der Waals surface area (Å²) in [6.45, 7) is 2.75. The van der Waals surface area contributed by atoms with Gasteiger partial charge in [0.2, 0.25) is 0 Å². The van der Waals surface area contributed by atoms with Crippen molar-refractivity contribution in [3.8, 4) is 11.5 Å². The Bertz CT molecular complexity index is 930. The van der Waals surface area contributed by atoms with Gasteiger partial charge in [0, 0.05) is 30.4 Å². The zero-order valence-corrected chi connectivity index (χ0v) is 18.0. The van der Waals surface area contributed by atoms with Crippen LogP contribution in [0.2, 0.25) is 0 Å². The number of aromatic nitrogens is 1. The minimum Gasteiger partial charge on any atom is -0.496 e. The van der Waals surface area contributed by atoms with Crippen molar-refractivity contribution < 1.29 is 14.6 Å². The van der Waals surface area contributed by atoms with E-state index in [0.717, 1.165) is 48.4 Å². The summed E-state index contributed by atoms with van der Waals surface area (Å²) in [6, 6.07) is 16.7. The minimum absolute atomic E-state index is 0.0915. The van der Waals surface area contributed by atoms with Crippen LogP contribution in [0.3, 0.4) is 0 Å². The summed E-state index contributed by atoms with van der Waals surface area (Å²) in [4.78, 5) is 0. The summed E-state index contributed by atoms with van der Waals surface area (Å²) in [6.07, 6.45) is 6.68. The molecule has 0 bridgehead atoms. The number of hydrogen-bond acceptors (Lipinski definition) is 3. The molecule has 0 fully saturated rings. The molecular weight excluding hydrogens is 374 g/mol. The van der Waals surface area contributed by atoms with Gasteiger partial charge < -0.3 is 19.1 Å². The third-order valence-corrected chi connectivity index (χ3v) is 6.45. The van der Waals surface area contributed by atoms with Crippen LogP contribution in [-0.2, 0) is 19.4 Å². The predicted molar refractivity (Wildman–Crippen MR) is 119 cm³/mol. The Morgan fingerprint density at radius 3 is 2.07 bits per heavy atom. The Morgan fingerprint density at radius 2 is 1.53 bits per heavy atom. The molecule has 1 aliphatic rings. The summed E-state index contributed by atoms with van der Waals surface area (Å²) in [5.74, 6) is 2.13. The summed E-state index contributed by atoms with van der Waals surface area (Å²) in [5.41, 5.74) is 4.71. The molecule has 0 saturated heterocycles. The second-order valence-electron chi connectivity index (χ2n) is 8.41. The van der Waals surface area contributed by atoms with Crippen LogP contribution in [0.4, 0.5) is 0 Å². The highest BCUT2D eigenvalue weighted by Crippen LogP contribution is 2.39. The number of aliphatic hydroxyl groups is 1. The largest absolute Gasteiger partial charge is 0.496 e. The topological polar surface area (TPSA) is 43.6 Å². The molecule has 1 aliphatic carbocycles. The number of nitrogens with zero attached hydrogens (tertiary/aromatic N) is 1. The summed E-state index contributed by atoms with van der Waals surface area (Å²) >= 11 is 0. The van der Waals surface area contributed by atoms with Crippen molar-refractivity contribution in [2.45, 2.75) is 38.8 Å². The van der Waals surface area contributed by atoms with E-state index >= 15 is 0 Å². The van der Waals surface area contributed by atoms with Gasteiger partial charge in [0.15, 0.2) is 0 Å². The summed E-state index contributed by atoms with van der Waals surface area (Å²) in [5, 5.41) is 11.5. The molecule has 1 aromatic heterocycles. The fraction of sp³-hybridized carbons (Fsp3) is 0.385. The van der Waals surface area contributed by atoms with Gasteiger partial charge in [0.1, 0.15) is 11.5 Å². The van der Waals surface area contributed by atoms with Gasteiger partial charge in [-0.25, -0.2) is 0 Å². The van der Waals surface area contributed by atoms with E-state index in [0.29, 0.717) is 5.92 Å². The van der Waals surface area contributed by atoms with E-state index in [1.54, 1.807) is 14.2 Å². The lowest BCUT2D eigenvalue weighted by Gasteiger charge is -2.27. The smallest absolute Gasteiger partial charge is 0.125 e. The molecule has 0 spiro atoms. The van der Waals surface area contributed by atoms with Crippen molar-refractivity contribution >= 4 is 0 Å². The van der Waals surface area contributed by atoms with E-state index in [2.05, 4.69) is 41.2 Å². The fourth-order valence-corrected chi connectivity index (χ4v) is 4.86. The molecule has 4 rings (SSSR count). The van der Waals surface area contributed by atoms with Crippen LogP contribution < -0.4 is 9.47 Å². The first-order valence-corrected chi connectivity index (χ1v) is 10.7. The Labute approximate surface area is 179 Å². The normalized spacial score (nSPS) is 15.6. The first-order chi connectivity index (χ1) is 14.6. The molecule has 3 aromatic rings. The number of fused-ring (bicyclic) bond motifs is 1. The Hall–Kier alpha value is -2.72. The van der Waals surface area contributed by atoms with Gasteiger partial charge in [-0.15, -0.1) is 0 Å². The molecule has 1 N–H and O–H groups in total. The van der Waals surface area contributed by atoms with Gasteiger partial charge in [-0.1, -0.05) is 24.3 Å². The number of hydrogen-bond donors (Lipinski definition) is 1. The van der Waals surface area contributed by atoms with Gasteiger partial charge in [-0.3, -0.25) is 0 Å². The molecule has 0 radical (unpaired) electrons. The third-order valence-electron chi connectivity index (χ3n) is 6.45. The number of ether oxygens (including phenoxy) is 2. The van der Waals surface area contributed by atoms with Crippen LogP contribution in [0, 0.1) is 18.8 Å². The molecule has 4 heteroatoms. The van der Waals surface area contributed by atoms with Gasteiger partial charge in [0.05, 0.1) is 20.3 Å². The van der Waals surface area contributed by atoms with Gasteiger partial charge in [-0.05, 0) is 73.1 Å². The third kappa shape index (κ3) is 4.24. The molecule has 0 unspecified atom stereocenters. The number of benzene rings is 2. The van der Waals surface area contributed by atoms with Crippen molar-refractivity contribution in [1.29, 1.82) is 0 Å². The Kier molecular flexibility index (Phi) is 6.14. The lowest BCUT2D eigenvalue weighted by molar-refractivity contribution is 0.0815. The summed E-state index contributed by atoms with van der Waals surface area (Å²) < 4.78 is 13.3. The van der Waals surface area contributed by atoms with E-state index in [-0.39, 0.29) is 5.92 Å². The molecular formula is C26H31NO3. The Morgan fingerprint density at radius 1 is 0.967 bits per heavy atom. The average Bonchev–Trinajstić information content (AvgIpc) is 3.42. The maximum atomic E-state index is 11.5. The number of methoxy groups -OCH3 is 2. The van der Waals surface area contributed by atoms with Crippen LogP contribution in [-0.4, -0.2) is 23.9 Å². The molecule has 0 amide bonds. The maximum absolute atomic E-state index is 11.5. The van der Waals surface area contributed by atoms with Crippen LogP contribution in [0.5, 0.6) is 11.5 Å². The quantitative estimate of drug-likeness (QED) is 0.575. The average molecular weight is 406 g/mol. The molecule has 158 valence electrons. The molecule has 2 atom stereocenters. The zero-order chi connectivity index (χ0) is 21.1. The lowest BCUT2D eigenvalue weighted by atomic mass is 9.85. The highest BCUT2D eigenvalue weighted by atomic mass is 16.5. The van der Waals surface area contributed by atoms with E-state index in [4.69, 9.17) is 9.47 Å². The van der Waals surface area contributed by atoms with Crippen molar-refractivity contribution in [3.63, 3.8) is 0 Å². The standard InChI is InChI=1S/C26H31NO3/c1-18-24(29-2)15-22(16-25(18)30-3)26(28)23(17-27-10-6-7-11-27)14-19-12-20-8-4-5-9-21(20)13-19/h4-11,15-16,19,23,26,28H,12-14,17H2,1-3H3/t23-,26+/m0/s1. The van der Waals surface area contributed by atoms with Crippen LogP contribution in [0.15, 0.2) is 60.9 Å². The predicted octanol–water partition coefficient (Wildman–Crippen LogP) is 4.97. The summed E-state index contributed by atoms with van der Waals surface area (Å²) in [7, 11) is 3.32. The van der Waals surface area contributed by atoms with Crippen molar-refractivity contribution in [2.75, 3.05) is 14.2 Å². The van der Waals surface area contributed by atoms with Crippen LogP contribution >= 0.6 is 0 Å². The van der Waals surface area contributed by atoms with Gasteiger partial charge >= 0.3 is 0 Å². The second-order valence-corrected chi connectivity index (χ2v) is 8.41. The van der Waals surface area contributed by atoms with Crippen molar-refractivity contribution in [3.05, 3.63) is 83.2 Å². The van der Waals surface area contributed by atoms with Gasteiger partial charge in [0.25, 0.3) is 0 Å². The van der Waals surface area contributed by atoms with Crippen LogP contribution in [0.1, 0.15) is 34.8 Å². The Balaban J connectivity index is 1.59.